The number of ketones is 1. The minimum absolute atomic E-state index is 0.0414. The highest BCUT2D eigenvalue weighted by Gasteiger charge is 2.44. The number of fused-ring (bicyclic) bond motifs is 2. The van der Waals surface area contributed by atoms with Crippen molar-refractivity contribution in [3.63, 3.8) is 0 Å². The molecular weight excluding hydrogens is 378 g/mol. The van der Waals surface area contributed by atoms with Gasteiger partial charge in [0.25, 0.3) is 0 Å². The van der Waals surface area contributed by atoms with E-state index in [1.54, 1.807) is 6.20 Å². The van der Waals surface area contributed by atoms with Crippen LogP contribution in [0.5, 0.6) is 0 Å². The smallest absolute Gasteiger partial charge is 0.245 e. The Morgan fingerprint density at radius 2 is 1.97 bits per heavy atom. The van der Waals surface area contributed by atoms with E-state index >= 15 is 0 Å². The number of amides is 1. The highest BCUT2D eigenvalue weighted by Crippen LogP contribution is 2.44. The summed E-state index contributed by atoms with van der Waals surface area (Å²) in [4.78, 5) is 32.4. The van der Waals surface area contributed by atoms with Crippen LogP contribution in [-0.4, -0.2) is 50.5 Å². The molecule has 7 nitrogen and oxygen atoms in total. The zero-order chi connectivity index (χ0) is 21.1. The normalized spacial score (nSPS) is 22.6. The van der Waals surface area contributed by atoms with Crippen LogP contribution in [0.4, 0.5) is 5.82 Å². The minimum atomic E-state index is -0.228. The molecule has 2 aromatic rings. The minimum Gasteiger partial charge on any atom is -0.358 e. The first-order chi connectivity index (χ1) is 14.3. The Morgan fingerprint density at radius 3 is 2.67 bits per heavy atom. The molecule has 2 aliphatic heterocycles. The number of likely N-dealkylation sites (tertiary alicyclic amines) is 1. The number of hydrogen-bond acceptors (Lipinski definition) is 5. The van der Waals surface area contributed by atoms with Crippen molar-refractivity contribution in [1.82, 2.24) is 19.7 Å². The van der Waals surface area contributed by atoms with E-state index in [4.69, 9.17) is 0 Å². The van der Waals surface area contributed by atoms with Crippen molar-refractivity contribution in [3.05, 3.63) is 41.3 Å². The number of rotatable bonds is 1. The van der Waals surface area contributed by atoms with Crippen LogP contribution in [0.25, 0.3) is 0 Å². The second-order valence-electron chi connectivity index (χ2n) is 10.1. The lowest BCUT2D eigenvalue weighted by Gasteiger charge is -2.44. The Labute approximate surface area is 176 Å². The molecule has 4 heterocycles. The van der Waals surface area contributed by atoms with Gasteiger partial charge >= 0.3 is 0 Å². The third kappa shape index (κ3) is 3.11. The average Bonchev–Trinajstić information content (AvgIpc) is 3.32. The molecule has 1 aliphatic carbocycles. The van der Waals surface area contributed by atoms with Gasteiger partial charge in [0, 0.05) is 37.7 Å². The van der Waals surface area contributed by atoms with E-state index in [-0.39, 0.29) is 28.7 Å². The summed E-state index contributed by atoms with van der Waals surface area (Å²) in [5.41, 5.74) is 2.71. The van der Waals surface area contributed by atoms with E-state index in [0.29, 0.717) is 25.9 Å². The van der Waals surface area contributed by atoms with E-state index in [0.717, 1.165) is 41.9 Å². The Bertz CT molecular complexity index is 986. The molecule has 1 fully saturated rings. The van der Waals surface area contributed by atoms with Gasteiger partial charge in [-0.3, -0.25) is 14.3 Å². The standard InChI is InChI=1S/C23H29N5O2/c1-22(2,3)28-19-16(14-25-28)12-23(13-18(19)29)6-9-27(10-7-23)21(30)17-11-15-5-4-8-24-20(15)26-17/h4-5,8,14,17H,6-7,9-13H2,1-3H3,(H,24,26). The van der Waals surface area contributed by atoms with Gasteiger partial charge in [-0.25, -0.2) is 4.98 Å². The molecule has 2 aromatic heterocycles. The fraction of sp³-hybridized carbons (Fsp3) is 0.565. The molecule has 0 aromatic carbocycles. The van der Waals surface area contributed by atoms with Crippen LogP contribution in [0, 0.1) is 5.41 Å². The largest absolute Gasteiger partial charge is 0.358 e. The van der Waals surface area contributed by atoms with Gasteiger partial charge in [-0.1, -0.05) is 6.07 Å². The van der Waals surface area contributed by atoms with Gasteiger partial charge in [-0.2, -0.15) is 5.10 Å². The molecule has 1 unspecified atom stereocenters. The quantitative estimate of drug-likeness (QED) is 0.786. The Kier molecular flexibility index (Phi) is 4.27. The molecule has 1 N–H and O–H groups in total. The zero-order valence-electron chi connectivity index (χ0n) is 17.9. The zero-order valence-corrected chi connectivity index (χ0v) is 17.9. The Morgan fingerprint density at radius 1 is 1.20 bits per heavy atom. The number of aromatic nitrogens is 3. The molecule has 1 atom stereocenters. The summed E-state index contributed by atoms with van der Waals surface area (Å²) in [6.07, 6.45) is 7.48. The van der Waals surface area contributed by atoms with E-state index in [2.05, 4.69) is 36.2 Å². The Balaban J connectivity index is 1.27. The van der Waals surface area contributed by atoms with Gasteiger partial charge in [0.05, 0.1) is 11.7 Å². The number of nitrogens with one attached hydrogen (secondary N) is 1. The van der Waals surface area contributed by atoms with Gasteiger partial charge in [-0.15, -0.1) is 0 Å². The van der Waals surface area contributed by atoms with Crippen LogP contribution >= 0.6 is 0 Å². The summed E-state index contributed by atoms with van der Waals surface area (Å²) in [5, 5.41) is 7.80. The van der Waals surface area contributed by atoms with Crippen LogP contribution in [0.1, 0.15) is 61.6 Å². The van der Waals surface area contributed by atoms with Crippen molar-refractivity contribution in [3.8, 4) is 0 Å². The van der Waals surface area contributed by atoms with Gasteiger partial charge in [-0.05, 0) is 57.1 Å². The fourth-order valence-electron chi connectivity index (χ4n) is 5.30. The predicted octanol–water partition coefficient (Wildman–Crippen LogP) is 2.81. The van der Waals surface area contributed by atoms with E-state index in [1.165, 1.54) is 0 Å². The van der Waals surface area contributed by atoms with Crippen molar-refractivity contribution in [2.75, 3.05) is 18.4 Å². The van der Waals surface area contributed by atoms with E-state index < -0.39 is 0 Å². The summed E-state index contributed by atoms with van der Waals surface area (Å²) in [5.74, 6) is 1.17. The molecule has 1 saturated heterocycles. The third-order valence-electron chi connectivity index (χ3n) is 6.91. The summed E-state index contributed by atoms with van der Waals surface area (Å²) < 4.78 is 1.88. The lowest BCUT2D eigenvalue weighted by molar-refractivity contribution is -0.134. The predicted molar refractivity (Wildman–Crippen MR) is 113 cm³/mol. The van der Waals surface area contributed by atoms with E-state index in [1.807, 2.05) is 27.9 Å². The molecule has 30 heavy (non-hydrogen) atoms. The van der Waals surface area contributed by atoms with Gasteiger partial charge in [0.2, 0.25) is 5.91 Å². The number of carbonyl (C=O) groups is 2. The molecule has 0 radical (unpaired) electrons. The number of Topliss-reactive ketones (excluding diaryl/α,β-unsaturated/α-hetero) is 1. The van der Waals surface area contributed by atoms with Crippen LogP contribution in [0.15, 0.2) is 24.5 Å². The monoisotopic (exact) mass is 407 g/mol. The fourth-order valence-corrected chi connectivity index (χ4v) is 5.30. The molecule has 158 valence electrons. The average molecular weight is 408 g/mol. The molecule has 5 rings (SSSR count). The second kappa shape index (κ2) is 6.65. The lowest BCUT2D eigenvalue weighted by atomic mass is 9.67. The van der Waals surface area contributed by atoms with E-state index in [9.17, 15) is 9.59 Å². The number of piperidine rings is 1. The topological polar surface area (TPSA) is 80.1 Å². The molecule has 7 heteroatoms. The highest BCUT2D eigenvalue weighted by atomic mass is 16.2. The maximum absolute atomic E-state index is 13.1. The third-order valence-corrected chi connectivity index (χ3v) is 6.91. The number of hydrogen-bond donors (Lipinski definition) is 1. The number of pyridine rings is 1. The summed E-state index contributed by atoms with van der Waals surface area (Å²) in [7, 11) is 0. The molecule has 0 bridgehead atoms. The molecule has 1 amide bonds. The molecule has 3 aliphatic rings. The van der Waals surface area contributed by atoms with Crippen molar-refractivity contribution in [2.45, 2.75) is 64.5 Å². The molecule has 1 spiro atoms. The van der Waals surface area contributed by atoms with Crippen LogP contribution in [0.3, 0.4) is 0 Å². The number of carbonyl (C=O) groups excluding carboxylic acids is 2. The summed E-state index contributed by atoms with van der Waals surface area (Å²) in [6, 6.07) is 3.71. The maximum atomic E-state index is 13.1. The van der Waals surface area contributed by atoms with Crippen molar-refractivity contribution < 1.29 is 9.59 Å². The Hall–Kier alpha value is -2.70. The van der Waals surface area contributed by atoms with Crippen molar-refractivity contribution in [1.29, 1.82) is 0 Å². The van der Waals surface area contributed by atoms with Crippen LogP contribution in [0.2, 0.25) is 0 Å². The van der Waals surface area contributed by atoms with Crippen LogP contribution < -0.4 is 5.32 Å². The first-order valence-electron chi connectivity index (χ1n) is 10.9. The van der Waals surface area contributed by atoms with Gasteiger partial charge in [0.1, 0.15) is 17.6 Å². The number of nitrogens with zero attached hydrogens (tertiary/aromatic N) is 4. The first kappa shape index (κ1) is 19.3. The molecule has 0 saturated carbocycles. The first-order valence-corrected chi connectivity index (χ1v) is 10.9. The van der Waals surface area contributed by atoms with Gasteiger partial charge < -0.3 is 10.2 Å². The van der Waals surface area contributed by atoms with Crippen LogP contribution in [-0.2, 0) is 23.2 Å². The summed E-state index contributed by atoms with van der Waals surface area (Å²) >= 11 is 0. The van der Waals surface area contributed by atoms with Crippen molar-refractivity contribution >= 4 is 17.5 Å². The SMILES string of the molecule is CC(C)(C)n1ncc2c1C(=O)CC1(CCN(C(=O)C3Cc4cccnc4N3)CC1)C2. The summed E-state index contributed by atoms with van der Waals surface area (Å²) in [6.45, 7) is 7.64. The maximum Gasteiger partial charge on any atom is 0.245 e. The molecular formula is C23H29N5O2. The van der Waals surface area contributed by atoms with Gasteiger partial charge in [0.15, 0.2) is 5.78 Å². The van der Waals surface area contributed by atoms with Crippen molar-refractivity contribution in [2.24, 2.45) is 5.41 Å². The number of anilines is 1. The second-order valence-corrected chi connectivity index (χ2v) is 10.1. The lowest BCUT2D eigenvalue weighted by Crippen LogP contribution is -2.50. The highest BCUT2D eigenvalue weighted by molar-refractivity contribution is 5.97.